The van der Waals surface area contributed by atoms with E-state index in [1.165, 1.54) is 0 Å². The first kappa shape index (κ1) is 14.5. The van der Waals surface area contributed by atoms with Crippen molar-refractivity contribution in [2.75, 3.05) is 5.88 Å². The Morgan fingerprint density at radius 3 is 2.65 bits per heavy atom. The molecule has 1 rings (SSSR count). The van der Waals surface area contributed by atoms with E-state index in [1.54, 1.807) is 18.3 Å². The molecular formula is C12H16BrClN2O. The molecule has 0 bridgehead atoms. The predicted molar refractivity (Wildman–Crippen MR) is 73.4 cm³/mol. The quantitative estimate of drug-likeness (QED) is 0.846. The van der Waals surface area contributed by atoms with Gasteiger partial charge in [-0.2, -0.15) is 0 Å². The molecule has 0 aliphatic carbocycles. The Hall–Kier alpha value is -0.610. The molecule has 0 saturated carbocycles. The van der Waals surface area contributed by atoms with Crippen LogP contribution in [0.3, 0.4) is 0 Å². The zero-order valence-corrected chi connectivity index (χ0v) is 12.3. The molecule has 5 heteroatoms. The molecule has 1 amide bonds. The van der Waals surface area contributed by atoms with E-state index in [0.29, 0.717) is 16.0 Å². The summed E-state index contributed by atoms with van der Waals surface area (Å²) in [5.74, 6) is 0.206. The van der Waals surface area contributed by atoms with Crippen molar-refractivity contribution < 1.29 is 4.79 Å². The maximum atomic E-state index is 12.1. The lowest BCUT2D eigenvalue weighted by atomic mass is 9.95. The number of carbonyl (C=O) groups is 1. The number of nitrogens with zero attached hydrogens (tertiary/aromatic N) is 1. The Labute approximate surface area is 115 Å². The van der Waals surface area contributed by atoms with E-state index in [0.717, 1.165) is 12.8 Å². The molecular weight excluding hydrogens is 304 g/mol. The van der Waals surface area contributed by atoms with E-state index < -0.39 is 0 Å². The lowest BCUT2D eigenvalue weighted by Gasteiger charge is -2.30. The number of aromatic nitrogens is 1. The van der Waals surface area contributed by atoms with Crippen LogP contribution in [0.15, 0.2) is 22.8 Å². The number of hydrogen-bond acceptors (Lipinski definition) is 2. The highest BCUT2D eigenvalue weighted by atomic mass is 79.9. The van der Waals surface area contributed by atoms with Crippen molar-refractivity contribution in [3.63, 3.8) is 0 Å². The Kier molecular flexibility index (Phi) is 5.40. The molecule has 1 heterocycles. The monoisotopic (exact) mass is 318 g/mol. The maximum Gasteiger partial charge on any atom is 0.271 e. The number of alkyl halides is 1. The van der Waals surface area contributed by atoms with Crippen LogP contribution in [0, 0.1) is 0 Å². The van der Waals surface area contributed by atoms with Crippen LogP contribution in [0.4, 0.5) is 0 Å². The number of carbonyl (C=O) groups excluding carboxylic acids is 1. The Bertz CT molecular complexity index is 386. The van der Waals surface area contributed by atoms with E-state index in [1.807, 2.05) is 13.8 Å². The molecule has 17 heavy (non-hydrogen) atoms. The second-order valence-electron chi connectivity index (χ2n) is 3.91. The Balaban J connectivity index is 2.89. The summed E-state index contributed by atoms with van der Waals surface area (Å²) in [6.07, 6.45) is 3.19. The van der Waals surface area contributed by atoms with E-state index in [9.17, 15) is 4.79 Å². The summed E-state index contributed by atoms with van der Waals surface area (Å²) in [5, 5.41) is 2.97. The highest BCUT2D eigenvalue weighted by molar-refractivity contribution is 9.10. The van der Waals surface area contributed by atoms with Crippen LogP contribution in [0.25, 0.3) is 0 Å². The third kappa shape index (κ3) is 3.42. The Morgan fingerprint density at radius 1 is 1.53 bits per heavy atom. The van der Waals surface area contributed by atoms with Gasteiger partial charge in [0.2, 0.25) is 0 Å². The van der Waals surface area contributed by atoms with Crippen molar-refractivity contribution in [3.05, 3.63) is 28.5 Å². The highest BCUT2D eigenvalue weighted by Crippen LogP contribution is 2.19. The molecule has 1 N–H and O–H groups in total. The van der Waals surface area contributed by atoms with Crippen LogP contribution in [-0.2, 0) is 0 Å². The minimum absolute atomic E-state index is 0.193. The van der Waals surface area contributed by atoms with Gasteiger partial charge in [0.05, 0.1) is 5.54 Å². The molecule has 0 aliphatic heterocycles. The van der Waals surface area contributed by atoms with Crippen LogP contribution < -0.4 is 5.32 Å². The molecule has 0 spiro atoms. The second-order valence-corrected chi connectivity index (χ2v) is 5.03. The minimum atomic E-state index is -0.352. The molecule has 0 aliphatic rings. The van der Waals surface area contributed by atoms with Gasteiger partial charge in [0.1, 0.15) is 5.69 Å². The van der Waals surface area contributed by atoms with Crippen LogP contribution in [-0.4, -0.2) is 22.3 Å². The summed E-state index contributed by atoms with van der Waals surface area (Å²) in [6, 6.07) is 3.57. The van der Waals surface area contributed by atoms with Crippen molar-refractivity contribution in [3.8, 4) is 0 Å². The fraction of sp³-hybridized carbons (Fsp3) is 0.500. The van der Waals surface area contributed by atoms with Gasteiger partial charge in [0.25, 0.3) is 5.91 Å². The first-order valence-corrected chi connectivity index (χ1v) is 6.90. The standard InChI is InChI=1S/C12H16BrClN2O/c1-3-12(4-2,8-14)16-11(17)10-9(13)6-5-7-15-10/h5-7H,3-4,8H2,1-2H3,(H,16,17). The van der Waals surface area contributed by atoms with Gasteiger partial charge in [0, 0.05) is 16.5 Å². The van der Waals surface area contributed by atoms with Crippen LogP contribution in [0.2, 0.25) is 0 Å². The van der Waals surface area contributed by atoms with Gasteiger partial charge in [-0.1, -0.05) is 13.8 Å². The number of hydrogen-bond donors (Lipinski definition) is 1. The number of rotatable bonds is 5. The molecule has 94 valence electrons. The molecule has 0 atom stereocenters. The average molecular weight is 320 g/mol. The normalized spacial score (nSPS) is 11.3. The first-order valence-electron chi connectivity index (χ1n) is 5.57. The number of nitrogens with one attached hydrogen (secondary N) is 1. The van der Waals surface area contributed by atoms with Crippen LogP contribution in [0.5, 0.6) is 0 Å². The van der Waals surface area contributed by atoms with E-state index in [-0.39, 0.29) is 11.4 Å². The molecule has 0 saturated heterocycles. The molecule has 0 fully saturated rings. The first-order chi connectivity index (χ1) is 8.08. The van der Waals surface area contributed by atoms with Gasteiger partial charge in [-0.15, -0.1) is 11.6 Å². The van der Waals surface area contributed by atoms with Crippen molar-refractivity contribution in [1.82, 2.24) is 10.3 Å². The van der Waals surface area contributed by atoms with Gasteiger partial charge in [-0.25, -0.2) is 4.98 Å². The lowest BCUT2D eigenvalue weighted by molar-refractivity contribution is 0.0896. The molecule has 0 unspecified atom stereocenters. The molecule has 1 aromatic rings. The highest BCUT2D eigenvalue weighted by Gasteiger charge is 2.28. The van der Waals surface area contributed by atoms with Crippen LogP contribution >= 0.6 is 27.5 Å². The van der Waals surface area contributed by atoms with E-state index in [4.69, 9.17) is 11.6 Å². The summed E-state index contributed by atoms with van der Waals surface area (Å²) in [7, 11) is 0. The lowest BCUT2D eigenvalue weighted by Crippen LogP contribution is -2.49. The van der Waals surface area contributed by atoms with Crippen molar-refractivity contribution in [2.24, 2.45) is 0 Å². The SMILES string of the molecule is CCC(CC)(CCl)NC(=O)c1ncccc1Br. The van der Waals surface area contributed by atoms with Crippen molar-refractivity contribution in [1.29, 1.82) is 0 Å². The minimum Gasteiger partial charge on any atom is -0.344 e. The number of pyridine rings is 1. The molecule has 1 aromatic heterocycles. The third-order valence-electron chi connectivity index (χ3n) is 2.96. The molecule has 0 aromatic carbocycles. The third-order valence-corrected chi connectivity index (χ3v) is 4.11. The number of amides is 1. The average Bonchev–Trinajstić information content (AvgIpc) is 2.36. The summed E-state index contributed by atoms with van der Waals surface area (Å²) < 4.78 is 0.688. The zero-order chi connectivity index (χ0) is 12.9. The summed E-state index contributed by atoms with van der Waals surface area (Å²) >= 11 is 9.26. The van der Waals surface area contributed by atoms with Gasteiger partial charge in [-0.3, -0.25) is 4.79 Å². The smallest absolute Gasteiger partial charge is 0.271 e. The molecule has 3 nitrogen and oxygen atoms in total. The van der Waals surface area contributed by atoms with Gasteiger partial charge < -0.3 is 5.32 Å². The second kappa shape index (κ2) is 6.36. The Morgan fingerprint density at radius 2 is 2.18 bits per heavy atom. The number of halogens is 2. The van der Waals surface area contributed by atoms with Gasteiger partial charge in [-0.05, 0) is 40.9 Å². The molecule has 0 radical (unpaired) electrons. The fourth-order valence-corrected chi connectivity index (χ4v) is 2.38. The zero-order valence-electron chi connectivity index (χ0n) is 9.96. The van der Waals surface area contributed by atoms with Crippen molar-refractivity contribution in [2.45, 2.75) is 32.2 Å². The van der Waals surface area contributed by atoms with Gasteiger partial charge >= 0.3 is 0 Å². The topological polar surface area (TPSA) is 42.0 Å². The van der Waals surface area contributed by atoms with Crippen LogP contribution in [0.1, 0.15) is 37.2 Å². The summed E-state index contributed by atoms with van der Waals surface area (Å²) in [4.78, 5) is 16.2. The van der Waals surface area contributed by atoms with Crippen molar-refractivity contribution >= 4 is 33.4 Å². The van der Waals surface area contributed by atoms with E-state index in [2.05, 4.69) is 26.2 Å². The largest absolute Gasteiger partial charge is 0.344 e. The van der Waals surface area contributed by atoms with Gasteiger partial charge in [0.15, 0.2) is 0 Å². The maximum absolute atomic E-state index is 12.1. The summed E-state index contributed by atoms with van der Waals surface area (Å²) in [5.41, 5.74) is 0.0409. The summed E-state index contributed by atoms with van der Waals surface area (Å²) in [6.45, 7) is 4.03. The van der Waals surface area contributed by atoms with E-state index >= 15 is 0 Å². The fourth-order valence-electron chi connectivity index (χ4n) is 1.50. The predicted octanol–water partition coefficient (Wildman–Crippen LogP) is 3.37.